The van der Waals surface area contributed by atoms with Crippen LogP contribution in [0.15, 0.2) is 22.6 Å². The smallest absolute Gasteiger partial charge is 0.266 e. The molecular formula is C19H23N3O3S. The van der Waals surface area contributed by atoms with Crippen LogP contribution in [0.2, 0.25) is 0 Å². The van der Waals surface area contributed by atoms with Crippen molar-refractivity contribution in [3.05, 3.63) is 23.0 Å². The van der Waals surface area contributed by atoms with E-state index in [1.165, 1.54) is 0 Å². The third-order valence-corrected chi connectivity index (χ3v) is 5.71. The molecule has 4 rings (SSSR count). The molecule has 2 aliphatic rings. The second kappa shape index (κ2) is 7.23. The molecule has 2 amide bonds. The van der Waals surface area contributed by atoms with E-state index in [9.17, 15) is 9.59 Å². The number of fused-ring (bicyclic) bond motifs is 1. The fraction of sp³-hybridized carbons (Fsp3) is 0.526. The van der Waals surface area contributed by atoms with Gasteiger partial charge in [-0.3, -0.25) is 9.59 Å². The van der Waals surface area contributed by atoms with E-state index >= 15 is 0 Å². The number of likely N-dealkylation sites (tertiary alicyclic amines) is 1. The SMILES string of the molecule is O=C(Nc1ccc2[nH]c(=S)oc2c1)[C@H]1CCCC[C@@H]1C(=O)N1CCCC1. The predicted molar refractivity (Wildman–Crippen MR) is 101 cm³/mol. The van der Waals surface area contributed by atoms with Gasteiger partial charge < -0.3 is 19.6 Å². The van der Waals surface area contributed by atoms with E-state index in [1.807, 2.05) is 17.0 Å². The Bertz CT molecular complexity index is 882. The highest BCUT2D eigenvalue weighted by Crippen LogP contribution is 2.33. The van der Waals surface area contributed by atoms with E-state index in [0.29, 0.717) is 16.1 Å². The lowest BCUT2D eigenvalue weighted by Gasteiger charge is -2.32. The first-order chi connectivity index (χ1) is 12.6. The second-order valence-electron chi connectivity index (χ2n) is 7.24. The van der Waals surface area contributed by atoms with Crippen LogP contribution >= 0.6 is 12.2 Å². The maximum atomic E-state index is 12.9. The van der Waals surface area contributed by atoms with E-state index in [2.05, 4.69) is 10.3 Å². The van der Waals surface area contributed by atoms with Crippen LogP contribution in [0.4, 0.5) is 5.69 Å². The summed E-state index contributed by atoms with van der Waals surface area (Å²) in [6.07, 6.45) is 5.72. The van der Waals surface area contributed by atoms with E-state index < -0.39 is 0 Å². The summed E-state index contributed by atoms with van der Waals surface area (Å²) in [5.74, 6) is -0.364. The van der Waals surface area contributed by atoms with Crippen molar-refractivity contribution in [1.82, 2.24) is 9.88 Å². The lowest BCUT2D eigenvalue weighted by Crippen LogP contribution is -2.42. The Hall–Kier alpha value is -2.15. The van der Waals surface area contributed by atoms with Crippen molar-refractivity contribution in [3.8, 4) is 0 Å². The molecule has 2 atom stereocenters. The first-order valence-electron chi connectivity index (χ1n) is 9.34. The van der Waals surface area contributed by atoms with Crippen LogP contribution < -0.4 is 5.32 Å². The number of nitrogens with zero attached hydrogens (tertiary/aromatic N) is 1. The van der Waals surface area contributed by atoms with Gasteiger partial charge in [0.25, 0.3) is 4.84 Å². The van der Waals surface area contributed by atoms with Crippen molar-refractivity contribution < 1.29 is 14.0 Å². The maximum Gasteiger partial charge on any atom is 0.266 e. The van der Waals surface area contributed by atoms with Gasteiger partial charge in [0.1, 0.15) is 0 Å². The first-order valence-corrected chi connectivity index (χ1v) is 9.75. The van der Waals surface area contributed by atoms with Crippen LogP contribution in [-0.4, -0.2) is 34.8 Å². The van der Waals surface area contributed by atoms with Crippen LogP contribution in [0.1, 0.15) is 38.5 Å². The molecule has 2 N–H and O–H groups in total. The van der Waals surface area contributed by atoms with Gasteiger partial charge in [0.2, 0.25) is 11.8 Å². The Kier molecular flexibility index (Phi) is 4.80. The summed E-state index contributed by atoms with van der Waals surface area (Å²) in [6, 6.07) is 5.42. The third kappa shape index (κ3) is 3.40. The van der Waals surface area contributed by atoms with Gasteiger partial charge in [-0.15, -0.1) is 0 Å². The van der Waals surface area contributed by atoms with Gasteiger partial charge in [-0.25, -0.2) is 0 Å². The van der Waals surface area contributed by atoms with Gasteiger partial charge in [-0.2, -0.15) is 0 Å². The van der Waals surface area contributed by atoms with Gasteiger partial charge in [-0.1, -0.05) is 12.8 Å². The number of nitrogens with one attached hydrogen (secondary N) is 2. The van der Waals surface area contributed by atoms with E-state index in [1.54, 1.807) is 6.07 Å². The number of H-pyrrole nitrogens is 1. The molecule has 2 heterocycles. The largest absolute Gasteiger partial charge is 0.429 e. The van der Waals surface area contributed by atoms with Gasteiger partial charge in [0.05, 0.1) is 5.52 Å². The van der Waals surface area contributed by atoms with E-state index in [0.717, 1.165) is 57.1 Å². The number of aromatic amines is 1. The summed E-state index contributed by atoms with van der Waals surface area (Å²) >= 11 is 4.99. The average Bonchev–Trinajstić information content (AvgIpc) is 3.29. The molecule has 0 radical (unpaired) electrons. The molecule has 2 fully saturated rings. The molecule has 2 aromatic rings. The molecule has 6 nitrogen and oxygen atoms in total. The molecule has 0 spiro atoms. The van der Waals surface area contributed by atoms with E-state index in [4.69, 9.17) is 16.6 Å². The minimum atomic E-state index is -0.259. The van der Waals surface area contributed by atoms with Crippen LogP contribution in [0, 0.1) is 16.7 Å². The van der Waals surface area contributed by atoms with Crippen molar-refractivity contribution in [3.63, 3.8) is 0 Å². The number of carbonyl (C=O) groups excluding carboxylic acids is 2. The van der Waals surface area contributed by atoms with Crippen LogP contribution in [0.25, 0.3) is 11.1 Å². The Balaban J connectivity index is 1.50. The number of anilines is 1. The molecule has 1 aromatic heterocycles. The molecule has 1 saturated carbocycles. The molecule has 1 aromatic carbocycles. The highest BCUT2D eigenvalue weighted by Gasteiger charge is 2.38. The maximum absolute atomic E-state index is 12.9. The van der Waals surface area contributed by atoms with Gasteiger partial charge in [-0.05, 0) is 50.0 Å². The normalized spacial score (nSPS) is 23.3. The zero-order valence-corrected chi connectivity index (χ0v) is 15.4. The molecule has 7 heteroatoms. The Morgan fingerprint density at radius 2 is 1.85 bits per heavy atom. The summed E-state index contributed by atoms with van der Waals surface area (Å²) in [5, 5.41) is 2.97. The van der Waals surface area contributed by atoms with Crippen molar-refractivity contribution in [2.24, 2.45) is 11.8 Å². The fourth-order valence-electron chi connectivity index (χ4n) is 4.17. The molecular weight excluding hydrogens is 350 g/mol. The van der Waals surface area contributed by atoms with Crippen molar-refractivity contribution in [2.45, 2.75) is 38.5 Å². The minimum absolute atomic E-state index is 0.0734. The van der Waals surface area contributed by atoms with Crippen molar-refractivity contribution >= 4 is 40.8 Å². The monoisotopic (exact) mass is 373 g/mol. The quantitative estimate of drug-likeness (QED) is 0.801. The molecule has 1 aliphatic heterocycles. The molecule has 0 unspecified atom stereocenters. The number of carbonyl (C=O) groups is 2. The van der Waals surface area contributed by atoms with Crippen molar-refractivity contribution in [1.29, 1.82) is 0 Å². The second-order valence-corrected chi connectivity index (χ2v) is 7.62. The Labute approximate surface area is 156 Å². The zero-order valence-electron chi connectivity index (χ0n) is 14.6. The Morgan fingerprint density at radius 1 is 1.12 bits per heavy atom. The number of benzene rings is 1. The summed E-state index contributed by atoms with van der Waals surface area (Å²) in [6.45, 7) is 1.66. The summed E-state index contributed by atoms with van der Waals surface area (Å²) in [7, 11) is 0. The molecule has 26 heavy (non-hydrogen) atoms. The number of amides is 2. The summed E-state index contributed by atoms with van der Waals surface area (Å²) in [4.78, 5) is 30.9. The van der Waals surface area contributed by atoms with Crippen LogP contribution in [-0.2, 0) is 9.59 Å². The fourth-order valence-corrected chi connectivity index (χ4v) is 4.37. The zero-order chi connectivity index (χ0) is 18.1. The average molecular weight is 373 g/mol. The number of hydrogen-bond acceptors (Lipinski definition) is 4. The molecule has 0 bridgehead atoms. The van der Waals surface area contributed by atoms with Crippen LogP contribution in [0.5, 0.6) is 0 Å². The first kappa shape index (κ1) is 17.3. The molecule has 1 aliphatic carbocycles. The topological polar surface area (TPSA) is 78.3 Å². The lowest BCUT2D eigenvalue weighted by molar-refractivity contribution is -0.141. The standard InChI is InChI=1S/C19H23N3O3S/c23-17(20-12-7-8-15-16(11-12)25-19(26)21-15)13-5-1-2-6-14(13)18(24)22-9-3-4-10-22/h7-8,11,13-14H,1-6,9-10H2,(H,20,23)(H,21,26)/t13-,14-/m0/s1. The predicted octanol–water partition coefficient (Wildman–Crippen LogP) is 3.86. The highest BCUT2D eigenvalue weighted by molar-refractivity contribution is 7.71. The number of aromatic nitrogens is 1. The minimum Gasteiger partial charge on any atom is -0.429 e. The number of rotatable bonds is 3. The van der Waals surface area contributed by atoms with Gasteiger partial charge in [0.15, 0.2) is 5.58 Å². The number of hydrogen-bond donors (Lipinski definition) is 2. The van der Waals surface area contributed by atoms with Crippen LogP contribution in [0.3, 0.4) is 0 Å². The lowest BCUT2D eigenvalue weighted by atomic mass is 9.77. The van der Waals surface area contributed by atoms with E-state index in [-0.39, 0.29) is 23.7 Å². The Morgan fingerprint density at radius 3 is 2.62 bits per heavy atom. The number of oxazole rings is 1. The molecule has 1 saturated heterocycles. The third-order valence-electron chi connectivity index (χ3n) is 5.53. The van der Waals surface area contributed by atoms with Gasteiger partial charge >= 0.3 is 0 Å². The summed E-state index contributed by atoms with van der Waals surface area (Å²) < 4.78 is 5.41. The van der Waals surface area contributed by atoms with Crippen molar-refractivity contribution in [2.75, 3.05) is 18.4 Å². The highest BCUT2D eigenvalue weighted by atomic mass is 32.1. The van der Waals surface area contributed by atoms with Gasteiger partial charge in [0, 0.05) is 36.7 Å². The molecule has 138 valence electrons. The summed E-state index contributed by atoms with van der Waals surface area (Å²) in [5.41, 5.74) is 2.08.